The molecule has 0 radical (unpaired) electrons. The standard InChI is InChI=1S/C23H34O3/c1-14(21(25)26-4)18-7-8-19-17-6-5-15-13-16(24)9-11-22(15,2)20(17)10-12-23(18,19)3/h13-14,17-20H,5-12H2,1-4H3/t14-,17+,18?,19+,20+,22+,23-/m1/s1. The van der Waals surface area contributed by atoms with Crippen LogP contribution < -0.4 is 0 Å². The average molecular weight is 359 g/mol. The van der Waals surface area contributed by atoms with Crippen LogP contribution in [-0.2, 0) is 14.3 Å². The Bertz CT molecular complexity index is 650. The van der Waals surface area contributed by atoms with Crippen LogP contribution in [0, 0.1) is 40.4 Å². The molecule has 7 atom stereocenters. The van der Waals surface area contributed by atoms with Gasteiger partial charge in [-0.1, -0.05) is 26.3 Å². The summed E-state index contributed by atoms with van der Waals surface area (Å²) in [5.74, 6) is 2.98. The molecule has 0 saturated heterocycles. The summed E-state index contributed by atoms with van der Waals surface area (Å²) in [5.41, 5.74) is 1.96. The Morgan fingerprint density at radius 1 is 1.12 bits per heavy atom. The lowest BCUT2D eigenvalue weighted by atomic mass is 9.46. The highest BCUT2D eigenvalue weighted by Gasteiger charge is 2.60. The molecule has 3 fully saturated rings. The van der Waals surface area contributed by atoms with E-state index < -0.39 is 0 Å². The number of carbonyl (C=O) groups is 2. The summed E-state index contributed by atoms with van der Waals surface area (Å²) in [7, 11) is 1.52. The van der Waals surface area contributed by atoms with Crippen LogP contribution in [0.5, 0.6) is 0 Å². The Morgan fingerprint density at radius 3 is 2.62 bits per heavy atom. The highest BCUT2D eigenvalue weighted by molar-refractivity contribution is 5.91. The van der Waals surface area contributed by atoms with Gasteiger partial charge >= 0.3 is 5.97 Å². The summed E-state index contributed by atoms with van der Waals surface area (Å²) in [6.07, 6.45) is 11.0. The van der Waals surface area contributed by atoms with Gasteiger partial charge in [-0.15, -0.1) is 0 Å². The van der Waals surface area contributed by atoms with E-state index >= 15 is 0 Å². The number of carbonyl (C=O) groups excluding carboxylic acids is 2. The van der Waals surface area contributed by atoms with Gasteiger partial charge in [0.1, 0.15) is 0 Å². The molecule has 1 unspecified atom stereocenters. The third kappa shape index (κ3) is 2.45. The summed E-state index contributed by atoms with van der Waals surface area (Å²) in [6, 6.07) is 0. The molecule has 4 rings (SSSR count). The molecular formula is C23H34O3. The van der Waals surface area contributed by atoms with Crippen molar-refractivity contribution in [2.24, 2.45) is 40.4 Å². The fraction of sp³-hybridized carbons (Fsp3) is 0.826. The number of rotatable bonds is 2. The lowest BCUT2D eigenvalue weighted by molar-refractivity contribution is -0.150. The van der Waals surface area contributed by atoms with E-state index in [-0.39, 0.29) is 22.7 Å². The smallest absolute Gasteiger partial charge is 0.308 e. The molecule has 0 aliphatic heterocycles. The minimum Gasteiger partial charge on any atom is -0.469 e. The minimum absolute atomic E-state index is 0.00786. The maximum Gasteiger partial charge on any atom is 0.308 e. The number of methoxy groups -OCH3 is 1. The van der Waals surface area contributed by atoms with Gasteiger partial charge in [0.2, 0.25) is 0 Å². The van der Waals surface area contributed by atoms with Crippen molar-refractivity contribution in [2.75, 3.05) is 7.11 Å². The number of fused-ring (bicyclic) bond motifs is 5. The van der Waals surface area contributed by atoms with Crippen LogP contribution in [0.3, 0.4) is 0 Å². The first-order valence-corrected chi connectivity index (χ1v) is 10.6. The van der Waals surface area contributed by atoms with Crippen molar-refractivity contribution in [1.29, 1.82) is 0 Å². The molecule has 26 heavy (non-hydrogen) atoms. The zero-order valence-corrected chi connectivity index (χ0v) is 16.8. The highest BCUT2D eigenvalue weighted by Crippen LogP contribution is 2.67. The predicted molar refractivity (Wildman–Crippen MR) is 101 cm³/mol. The Kier molecular flexibility index (Phi) is 4.36. The van der Waals surface area contributed by atoms with E-state index in [1.54, 1.807) is 0 Å². The Labute approximate surface area is 157 Å². The summed E-state index contributed by atoms with van der Waals surface area (Å²) < 4.78 is 5.07. The third-order valence-electron chi connectivity index (χ3n) is 9.21. The number of allylic oxidation sites excluding steroid dienone is 1. The van der Waals surface area contributed by atoms with Gasteiger partial charge in [0.15, 0.2) is 5.78 Å². The van der Waals surface area contributed by atoms with Crippen LogP contribution in [0.25, 0.3) is 0 Å². The Hall–Kier alpha value is -1.12. The molecule has 144 valence electrons. The van der Waals surface area contributed by atoms with Crippen LogP contribution in [0.1, 0.15) is 72.1 Å². The van der Waals surface area contributed by atoms with E-state index in [0.717, 1.165) is 37.0 Å². The van der Waals surface area contributed by atoms with Gasteiger partial charge < -0.3 is 4.74 Å². The summed E-state index contributed by atoms with van der Waals surface area (Å²) in [6.45, 7) is 6.98. The van der Waals surface area contributed by atoms with Crippen molar-refractivity contribution in [3.8, 4) is 0 Å². The van der Waals surface area contributed by atoms with Crippen LogP contribution in [0.15, 0.2) is 11.6 Å². The van der Waals surface area contributed by atoms with Crippen LogP contribution >= 0.6 is 0 Å². The minimum atomic E-state index is -0.0365. The predicted octanol–water partition coefficient (Wildman–Crippen LogP) is 4.94. The maximum atomic E-state index is 12.2. The molecule has 3 heteroatoms. The quantitative estimate of drug-likeness (QED) is 0.656. The largest absolute Gasteiger partial charge is 0.469 e. The van der Waals surface area contributed by atoms with Gasteiger partial charge in [-0.25, -0.2) is 0 Å². The van der Waals surface area contributed by atoms with Gasteiger partial charge in [-0.3, -0.25) is 9.59 Å². The van der Waals surface area contributed by atoms with Crippen LogP contribution in [0.4, 0.5) is 0 Å². The van der Waals surface area contributed by atoms with Crippen molar-refractivity contribution >= 4 is 11.8 Å². The Morgan fingerprint density at radius 2 is 1.88 bits per heavy atom. The van der Waals surface area contributed by atoms with E-state index in [1.165, 1.54) is 44.8 Å². The van der Waals surface area contributed by atoms with Crippen molar-refractivity contribution in [1.82, 2.24) is 0 Å². The molecule has 0 aromatic heterocycles. The first kappa shape index (κ1) is 18.3. The molecule has 4 aliphatic rings. The lowest BCUT2D eigenvalue weighted by Gasteiger charge is -2.58. The van der Waals surface area contributed by atoms with E-state index in [0.29, 0.717) is 11.7 Å². The van der Waals surface area contributed by atoms with Gasteiger partial charge in [0, 0.05) is 6.42 Å². The lowest BCUT2D eigenvalue weighted by Crippen LogP contribution is -2.51. The molecule has 0 bridgehead atoms. The van der Waals surface area contributed by atoms with E-state index in [4.69, 9.17) is 4.74 Å². The molecule has 3 nitrogen and oxygen atoms in total. The molecule has 0 aromatic carbocycles. The van der Waals surface area contributed by atoms with Gasteiger partial charge in [-0.05, 0) is 85.5 Å². The van der Waals surface area contributed by atoms with Gasteiger partial charge in [0.05, 0.1) is 13.0 Å². The second-order valence-electron chi connectivity index (χ2n) is 10.0. The summed E-state index contributed by atoms with van der Waals surface area (Å²) >= 11 is 0. The summed E-state index contributed by atoms with van der Waals surface area (Å²) in [5, 5.41) is 0. The van der Waals surface area contributed by atoms with Crippen molar-refractivity contribution < 1.29 is 14.3 Å². The molecular weight excluding hydrogens is 324 g/mol. The van der Waals surface area contributed by atoms with Crippen LogP contribution in [0.2, 0.25) is 0 Å². The van der Waals surface area contributed by atoms with Crippen molar-refractivity contribution in [3.63, 3.8) is 0 Å². The normalized spacial score (nSPS) is 45.8. The highest BCUT2D eigenvalue weighted by atomic mass is 16.5. The summed E-state index contributed by atoms with van der Waals surface area (Å²) in [4.78, 5) is 24.2. The Balaban J connectivity index is 1.61. The van der Waals surface area contributed by atoms with Crippen molar-refractivity contribution in [2.45, 2.75) is 72.1 Å². The average Bonchev–Trinajstić information content (AvgIpc) is 2.98. The number of ether oxygens (including phenoxy) is 1. The molecule has 0 heterocycles. The van der Waals surface area contributed by atoms with E-state index in [2.05, 4.69) is 20.8 Å². The van der Waals surface area contributed by atoms with E-state index in [1.807, 2.05) is 6.08 Å². The second-order valence-corrected chi connectivity index (χ2v) is 10.0. The van der Waals surface area contributed by atoms with Crippen LogP contribution in [-0.4, -0.2) is 18.9 Å². The molecule has 0 N–H and O–H groups in total. The molecule has 0 amide bonds. The topological polar surface area (TPSA) is 43.4 Å². The zero-order valence-electron chi connectivity index (χ0n) is 16.8. The molecule has 4 aliphatic carbocycles. The first-order valence-electron chi connectivity index (χ1n) is 10.6. The fourth-order valence-electron chi connectivity index (χ4n) is 7.77. The van der Waals surface area contributed by atoms with Gasteiger partial charge in [-0.2, -0.15) is 0 Å². The van der Waals surface area contributed by atoms with Gasteiger partial charge in [0.25, 0.3) is 0 Å². The third-order valence-corrected chi connectivity index (χ3v) is 9.21. The number of ketones is 1. The second kappa shape index (κ2) is 6.21. The zero-order chi connectivity index (χ0) is 18.7. The monoisotopic (exact) mass is 358 g/mol. The molecule has 3 saturated carbocycles. The number of hydrogen-bond donors (Lipinski definition) is 0. The first-order chi connectivity index (χ1) is 12.3. The SMILES string of the molecule is COC(=O)[C@H](C)C1CC[C@H]2[C@@H]3CCC4=CC(=O)CC[C@]4(C)[C@H]3CC[C@]12C. The molecule has 0 aromatic rings. The fourth-order valence-corrected chi connectivity index (χ4v) is 7.77. The number of esters is 1. The number of hydrogen-bond acceptors (Lipinski definition) is 3. The van der Waals surface area contributed by atoms with Crippen molar-refractivity contribution in [3.05, 3.63) is 11.6 Å². The van der Waals surface area contributed by atoms with E-state index in [9.17, 15) is 9.59 Å². The molecule has 0 spiro atoms. The maximum absolute atomic E-state index is 12.2.